The lowest BCUT2D eigenvalue weighted by atomic mass is 9.94. The minimum absolute atomic E-state index is 0.0303. The van der Waals surface area contributed by atoms with Crippen LogP contribution in [0, 0.1) is 19.7 Å². The Labute approximate surface area is 88.4 Å². The lowest BCUT2D eigenvalue weighted by Crippen LogP contribution is -2.28. The smallest absolute Gasteiger partial charge is 0.123 e. The SMILES string of the molecule is Cc1cc(F)cc(C)c1C(O)C(O)CN. The first-order chi connectivity index (χ1) is 6.97. The first-order valence-electron chi connectivity index (χ1n) is 4.80. The Morgan fingerprint density at radius 3 is 2.13 bits per heavy atom. The Morgan fingerprint density at radius 1 is 1.27 bits per heavy atom. The normalized spacial score (nSPS) is 15.1. The molecular formula is C11H16FNO2. The van der Waals surface area contributed by atoms with Crippen molar-refractivity contribution in [3.05, 3.63) is 34.6 Å². The molecule has 1 rings (SSSR count). The predicted octanol–water partition coefficient (Wildman–Crippen LogP) is 0.796. The second-order valence-electron chi connectivity index (χ2n) is 3.70. The molecule has 0 saturated heterocycles. The van der Waals surface area contributed by atoms with Gasteiger partial charge in [-0.1, -0.05) is 0 Å². The van der Waals surface area contributed by atoms with Crippen molar-refractivity contribution in [2.24, 2.45) is 5.73 Å². The summed E-state index contributed by atoms with van der Waals surface area (Å²) in [7, 11) is 0. The lowest BCUT2D eigenvalue weighted by molar-refractivity contribution is 0.0235. The van der Waals surface area contributed by atoms with Gasteiger partial charge in [-0.3, -0.25) is 0 Å². The fraction of sp³-hybridized carbons (Fsp3) is 0.455. The summed E-state index contributed by atoms with van der Waals surface area (Å²) in [5.74, 6) is -0.344. The zero-order chi connectivity index (χ0) is 11.6. The molecule has 0 aromatic heterocycles. The quantitative estimate of drug-likeness (QED) is 0.695. The van der Waals surface area contributed by atoms with E-state index in [1.165, 1.54) is 12.1 Å². The Kier molecular flexibility index (Phi) is 3.79. The molecule has 84 valence electrons. The first-order valence-corrected chi connectivity index (χ1v) is 4.80. The summed E-state index contributed by atoms with van der Waals surface area (Å²) < 4.78 is 13.0. The highest BCUT2D eigenvalue weighted by Gasteiger charge is 2.20. The molecule has 0 heterocycles. The van der Waals surface area contributed by atoms with Crippen molar-refractivity contribution in [3.8, 4) is 0 Å². The summed E-state index contributed by atoms with van der Waals surface area (Å²) in [6.45, 7) is 3.35. The van der Waals surface area contributed by atoms with Crippen LogP contribution in [0.1, 0.15) is 22.8 Å². The molecule has 0 bridgehead atoms. The number of hydrogen-bond donors (Lipinski definition) is 3. The van der Waals surface area contributed by atoms with Crippen LogP contribution in [-0.4, -0.2) is 22.9 Å². The van der Waals surface area contributed by atoms with E-state index in [9.17, 15) is 14.6 Å². The van der Waals surface area contributed by atoms with E-state index in [0.29, 0.717) is 16.7 Å². The van der Waals surface area contributed by atoms with Gasteiger partial charge in [-0.15, -0.1) is 0 Å². The van der Waals surface area contributed by atoms with Gasteiger partial charge in [-0.2, -0.15) is 0 Å². The highest BCUT2D eigenvalue weighted by atomic mass is 19.1. The van der Waals surface area contributed by atoms with Crippen LogP contribution in [-0.2, 0) is 0 Å². The zero-order valence-corrected chi connectivity index (χ0v) is 8.87. The van der Waals surface area contributed by atoms with Crippen LogP contribution in [0.3, 0.4) is 0 Å². The second-order valence-corrected chi connectivity index (χ2v) is 3.70. The fourth-order valence-electron chi connectivity index (χ4n) is 1.71. The molecule has 4 heteroatoms. The number of aliphatic hydroxyl groups excluding tert-OH is 2. The standard InChI is InChI=1S/C11H16FNO2/c1-6-3-8(12)4-7(2)10(6)11(15)9(14)5-13/h3-4,9,11,14-15H,5,13H2,1-2H3. The van der Waals surface area contributed by atoms with Gasteiger partial charge in [-0.25, -0.2) is 4.39 Å². The average Bonchev–Trinajstić information content (AvgIpc) is 2.14. The third-order valence-corrected chi connectivity index (χ3v) is 2.46. The van der Waals surface area contributed by atoms with Crippen LogP contribution in [0.5, 0.6) is 0 Å². The molecule has 2 atom stereocenters. The summed E-state index contributed by atoms with van der Waals surface area (Å²) >= 11 is 0. The van der Waals surface area contributed by atoms with E-state index in [2.05, 4.69) is 0 Å². The van der Waals surface area contributed by atoms with Gasteiger partial charge in [0.25, 0.3) is 0 Å². The lowest BCUT2D eigenvalue weighted by Gasteiger charge is -2.20. The molecular weight excluding hydrogens is 197 g/mol. The number of halogens is 1. The molecule has 0 aliphatic rings. The van der Waals surface area contributed by atoms with Crippen LogP contribution in [0.15, 0.2) is 12.1 Å². The summed E-state index contributed by atoms with van der Waals surface area (Å²) in [6, 6.07) is 2.66. The van der Waals surface area contributed by atoms with Crippen molar-refractivity contribution < 1.29 is 14.6 Å². The van der Waals surface area contributed by atoms with E-state index >= 15 is 0 Å². The van der Waals surface area contributed by atoms with Crippen molar-refractivity contribution in [3.63, 3.8) is 0 Å². The largest absolute Gasteiger partial charge is 0.389 e. The Balaban J connectivity index is 3.13. The number of aliphatic hydroxyl groups is 2. The van der Waals surface area contributed by atoms with E-state index in [-0.39, 0.29) is 12.4 Å². The molecule has 3 nitrogen and oxygen atoms in total. The van der Waals surface area contributed by atoms with Crippen molar-refractivity contribution in [1.82, 2.24) is 0 Å². The van der Waals surface area contributed by atoms with Crippen molar-refractivity contribution in [1.29, 1.82) is 0 Å². The highest BCUT2D eigenvalue weighted by molar-refractivity contribution is 5.36. The molecule has 0 amide bonds. The number of nitrogens with two attached hydrogens (primary N) is 1. The van der Waals surface area contributed by atoms with E-state index in [4.69, 9.17) is 5.73 Å². The van der Waals surface area contributed by atoms with Crippen molar-refractivity contribution in [2.45, 2.75) is 26.1 Å². The highest BCUT2D eigenvalue weighted by Crippen LogP contribution is 2.25. The van der Waals surface area contributed by atoms with Crippen LogP contribution >= 0.6 is 0 Å². The van der Waals surface area contributed by atoms with Crippen molar-refractivity contribution >= 4 is 0 Å². The second kappa shape index (κ2) is 4.70. The summed E-state index contributed by atoms with van der Waals surface area (Å²) in [5.41, 5.74) is 7.04. The predicted molar refractivity (Wildman–Crippen MR) is 55.9 cm³/mol. The molecule has 0 aliphatic carbocycles. The number of rotatable bonds is 3. The number of hydrogen-bond acceptors (Lipinski definition) is 3. The van der Waals surface area contributed by atoms with E-state index in [1.54, 1.807) is 13.8 Å². The maximum Gasteiger partial charge on any atom is 0.123 e. The van der Waals surface area contributed by atoms with Gasteiger partial charge in [0.15, 0.2) is 0 Å². The Hall–Kier alpha value is -0.970. The minimum atomic E-state index is -1.06. The monoisotopic (exact) mass is 213 g/mol. The zero-order valence-electron chi connectivity index (χ0n) is 8.87. The molecule has 2 unspecified atom stereocenters. The molecule has 1 aromatic carbocycles. The van der Waals surface area contributed by atoms with Gasteiger partial charge in [0.05, 0.1) is 6.10 Å². The van der Waals surface area contributed by atoms with Crippen LogP contribution in [0.2, 0.25) is 0 Å². The maximum absolute atomic E-state index is 13.0. The van der Waals surface area contributed by atoms with Gasteiger partial charge in [0.2, 0.25) is 0 Å². The molecule has 0 aliphatic heterocycles. The summed E-state index contributed by atoms with van der Waals surface area (Å²) in [5, 5.41) is 19.2. The fourth-order valence-corrected chi connectivity index (χ4v) is 1.71. The van der Waals surface area contributed by atoms with E-state index in [0.717, 1.165) is 0 Å². The number of benzene rings is 1. The molecule has 0 spiro atoms. The van der Waals surface area contributed by atoms with Gasteiger partial charge >= 0.3 is 0 Å². The molecule has 0 saturated carbocycles. The van der Waals surface area contributed by atoms with Crippen LogP contribution in [0.25, 0.3) is 0 Å². The van der Waals surface area contributed by atoms with Crippen LogP contribution in [0.4, 0.5) is 4.39 Å². The Bertz CT molecular complexity index is 331. The van der Waals surface area contributed by atoms with E-state index in [1.807, 2.05) is 0 Å². The van der Waals surface area contributed by atoms with Gasteiger partial charge in [-0.05, 0) is 42.7 Å². The first kappa shape index (κ1) is 12.1. The van der Waals surface area contributed by atoms with Crippen molar-refractivity contribution in [2.75, 3.05) is 6.54 Å². The third-order valence-electron chi connectivity index (χ3n) is 2.46. The maximum atomic E-state index is 13.0. The molecule has 4 N–H and O–H groups in total. The molecule has 15 heavy (non-hydrogen) atoms. The van der Waals surface area contributed by atoms with Crippen LogP contribution < -0.4 is 5.73 Å². The molecule has 0 radical (unpaired) electrons. The van der Waals surface area contributed by atoms with E-state index < -0.39 is 12.2 Å². The molecule has 1 aromatic rings. The third kappa shape index (κ3) is 2.53. The van der Waals surface area contributed by atoms with Gasteiger partial charge in [0, 0.05) is 6.54 Å². The summed E-state index contributed by atoms with van der Waals surface area (Å²) in [4.78, 5) is 0. The average molecular weight is 213 g/mol. The van der Waals surface area contributed by atoms with Gasteiger partial charge < -0.3 is 15.9 Å². The topological polar surface area (TPSA) is 66.5 Å². The number of aryl methyl sites for hydroxylation is 2. The van der Waals surface area contributed by atoms with Gasteiger partial charge in [0.1, 0.15) is 11.9 Å². The summed E-state index contributed by atoms with van der Waals surface area (Å²) in [6.07, 6.45) is -2.08. The minimum Gasteiger partial charge on any atom is -0.389 e. The molecule has 0 fully saturated rings. The Morgan fingerprint density at radius 2 is 1.73 bits per heavy atom.